The topological polar surface area (TPSA) is 29.9 Å². The van der Waals surface area contributed by atoms with Crippen LogP contribution >= 0.6 is 12.2 Å². The van der Waals surface area contributed by atoms with Crippen LogP contribution in [0.5, 0.6) is 0 Å². The number of nitrogens with zero attached hydrogens (tertiary/aromatic N) is 1. The number of nitrogens with one attached hydrogen (secondary N) is 1. The Morgan fingerprint density at radius 3 is 2.67 bits per heavy atom. The second kappa shape index (κ2) is 6.19. The lowest BCUT2D eigenvalue weighted by molar-refractivity contribution is -0.137. The molecule has 0 radical (unpaired) electrons. The van der Waals surface area contributed by atoms with Crippen LogP contribution in [0, 0.1) is 4.77 Å². The van der Waals surface area contributed by atoms with E-state index in [1.807, 2.05) is 11.5 Å². The average Bonchev–Trinajstić information content (AvgIpc) is 2.72. The van der Waals surface area contributed by atoms with Crippen LogP contribution in [-0.4, -0.2) is 23.3 Å². The highest BCUT2D eigenvalue weighted by atomic mass is 32.1. The molecule has 0 amide bonds. The van der Waals surface area contributed by atoms with Crippen LogP contribution in [-0.2, 0) is 10.9 Å². The maximum atomic E-state index is 12.8. The molecule has 1 aromatic heterocycles. The van der Waals surface area contributed by atoms with Crippen molar-refractivity contribution < 1.29 is 17.9 Å². The molecular formula is C14H17F3N2OS. The fraction of sp³-hybridized carbons (Fsp3) is 0.500. The number of aromatic nitrogens is 2. The van der Waals surface area contributed by atoms with E-state index in [9.17, 15) is 13.2 Å². The summed E-state index contributed by atoms with van der Waals surface area (Å²) < 4.78 is 45.7. The molecule has 2 rings (SSSR count). The van der Waals surface area contributed by atoms with Gasteiger partial charge in [0.05, 0.1) is 29.2 Å². The molecule has 21 heavy (non-hydrogen) atoms. The van der Waals surface area contributed by atoms with Crippen molar-refractivity contribution in [3.05, 3.63) is 28.5 Å². The van der Waals surface area contributed by atoms with Crippen molar-refractivity contribution in [1.29, 1.82) is 0 Å². The van der Waals surface area contributed by atoms with Crippen LogP contribution in [0.2, 0.25) is 0 Å². The lowest BCUT2D eigenvalue weighted by Gasteiger charge is -2.18. The summed E-state index contributed by atoms with van der Waals surface area (Å²) in [4.78, 5) is 2.86. The molecular weight excluding hydrogens is 301 g/mol. The predicted molar refractivity (Wildman–Crippen MR) is 77.9 cm³/mol. The summed E-state index contributed by atoms with van der Waals surface area (Å²) in [6, 6.07) is 3.65. The van der Waals surface area contributed by atoms with E-state index in [-0.39, 0.29) is 6.04 Å². The molecule has 116 valence electrons. The Balaban J connectivity index is 2.55. The molecule has 0 bridgehead atoms. The van der Waals surface area contributed by atoms with E-state index in [4.69, 9.17) is 17.0 Å². The fourth-order valence-corrected chi connectivity index (χ4v) is 2.84. The van der Waals surface area contributed by atoms with Crippen molar-refractivity contribution in [3.63, 3.8) is 0 Å². The minimum atomic E-state index is -4.36. The first-order valence-electron chi connectivity index (χ1n) is 6.69. The van der Waals surface area contributed by atoms with E-state index in [1.54, 1.807) is 7.11 Å². The minimum absolute atomic E-state index is 0.0120. The third kappa shape index (κ3) is 3.29. The largest absolute Gasteiger partial charge is 0.416 e. The Morgan fingerprint density at radius 1 is 1.38 bits per heavy atom. The number of hydrogen-bond acceptors (Lipinski definition) is 2. The Morgan fingerprint density at radius 2 is 2.10 bits per heavy atom. The molecule has 3 nitrogen and oxygen atoms in total. The Kier molecular flexibility index (Phi) is 4.73. The summed E-state index contributed by atoms with van der Waals surface area (Å²) in [6.45, 7) is 2.51. The van der Waals surface area contributed by atoms with Crippen molar-refractivity contribution in [2.75, 3.05) is 13.7 Å². The van der Waals surface area contributed by atoms with Gasteiger partial charge in [-0.25, -0.2) is 0 Å². The molecule has 7 heteroatoms. The van der Waals surface area contributed by atoms with E-state index < -0.39 is 11.7 Å². The highest BCUT2D eigenvalue weighted by Gasteiger charge is 2.31. The number of rotatable bonds is 5. The van der Waals surface area contributed by atoms with E-state index in [1.165, 1.54) is 6.07 Å². The summed E-state index contributed by atoms with van der Waals surface area (Å²) in [6.07, 6.45) is -2.58. The van der Waals surface area contributed by atoms with Crippen LogP contribution in [0.25, 0.3) is 11.0 Å². The van der Waals surface area contributed by atoms with E-state index in [0.29, 0.717) is 22.4 Å². The first kappa shape index (κ1) is 16.0. The minimum Gasteiger partial charge on any atom is -0.383 e. The van der Waals surface area contributed by atoms with Crippen molar-refractivity contribution in [2.45, 2.75) is 32.0 Å². The second-order valence-corrected chi connectivity index (χ2v) is 5.31. The molecule has 0 aliphatic heterocycles. The quantitative estimate of drug-likeness (QED) is 0.810. The molecule has 0 saturated carbocycles. The number of methoxy groups -OCH3 is 1. The zero-order chi connectivity index (χ0) is 15.6. The van der Waals surface area contributed by atoms with Gasteiger partial charge in [-0.15, -0.1) is 0 Å². The number of ether oxygens (including phenoxy) is 1. The van der Waals surface area contributed by atoms with Crippen molar-refractivity contribution in [3.8, 4) is 0 Å². The third-order valence-corrected chi connectivity index (χ3v) is 3.69. The first-order chi connectivity index (χ1) is 9.88. The van der Waals surface area contributed by atoms with Gasteiger partial charge in [0.2, 0.25) is 0 Å². The molecule has 1 N–H and O–H groups in total. The van der Waals surface area contributed by atoms with E-state index in [2.05, 4.69) is 4.98 Å². The first-order valence-corrected chi connectivity index (χ1v) is 7.09. The summed E-state index contributed by atoms with van der Waals surface area (Å²) in [5.74, 6) is 0. The molecule has 0 aliphatic carbocycles. The van der Waals surface area contributed by atoms with Crippen LogP contribution in [0.3, 0.4) is 0 Å². The average molecular weight is 318 g/mol. The second-order valence-electron chi connectivity index (χ2n) is 4.93. The van der Waals surface area contributed by atoms with Crippen LogP contribution < -0.4 is 0 Å². The maximum Gasteiger partial charge on any atom is 0.416 e. The van der Waals surface area contributed by atoms with Crippen LogP contribution in [0.1, 0.15) is 31.4 Å². The van der Waals surface area contributed by atoms with Crippen molar-refractivity contribution >= 4 is 23.3 Å². The molecule has 1 heterocycles. The number of imidazole rings is 1. The van der Waals surface area contributed by atoms with Crippen molar-refractivity contribution in [1.82, 2.24) is 9.55 Å². The van der Waals surface area contributed by atoms with Gasteiger partial charge in [0.1, 0.15) is 0 Å². The smallest absolute Gasteiger partial charge is 0.383 e. The number of alkyl halides is 3. The van der Waals surface area contributed by atoms with Gasteiger partial charge in [0, 0.05) is 7.11 Å². The zero-order valence-electron chi connectivity index (χ0n) is 11.8. The summed E-state index contributed by atoms with van der Waals surface area (Å²) in [5, 5.41) is 0. The number of hydrogen-bond donors (Lipinski definition) is 1. The molecule has 0 saturated heterocycles. The van der Waals surface area contributed by atoms with Crippen molar-refractivity contribution in [2.24, 2.45) is 0 Å². The number of halogens is 3. The Hall–Kier alpha value is -1.34. The SMILES string of the molecule is CCCC(COC)n1c(=S)[nH]c2cc(C(F)(F)F)ccc21. The zero-order valence-corrected chi connectivity index (χ0v) is 12.6. The van der Waals surface area contributed by atoms with E-state index in [0.717, 1.165) is 25.0 Å². The standard InChI is InChI=1S/C14H17F3N2OS/c1-3-4-10(8-20-2)19-12-6-5-9(14(15,16)17)7-11(12)18-13(19)21/h5-7,10H,3-4,8H2,1-2H3,(H,18,21). The van der Waals surface area contributed by atoms with Gasteiger partial charge in [0.15, 0.2) is 4.77 Å². The molecule has 2 aromatic rings. The molecule has 0 fully saturated rings. The molecule has 1 unspecified atom stereocenters. The Bertz CT molecular complexity index is 669. The summed E-state index contributed by atoms with van der Waals surface area (Å²) in [5.41, 5.74) is 0.382. The molecule has 1 aromatic carbocycles. The van der Waals surface area contributed by atoms with Gasteiger partial charge in [-0.2, -0.15) is 13.2 Å². The number of benzene rings is 1. The van der Waals surface area contributed by atoms with Gasteiger partial charge in [-0.3, -0.25) is 0 Å². The molecule has 0 spiro atoms. The number of H-pyrrole nitrogens is 1. The van der Waals surface area contributed by atoms with Gasteiger partial charge < -0.3 is 14.3 Å². The predicted octanol–water partition coefficient (Wildman–Crippen LogP) is 4.71. The molecule has 0 aliphatic rings. The lowest BCUT2D eigenvalue weighted by atomic mass is 10.1. The third-order valence-electron chi connectivity index (χ3n) is 3.39. The maximum absolute atomic E-state index is 12.8. The van der Waals surface area contributed by atoms with Crippen LogP contribution in [0.4, 0.5) is 13.2 Å². The lowest BCUT2D eigenvalue weighted by Crippen LogP contribution is -2.14. The highest BCUT2D eigenvalue weighted by Crippen LogP contribution is 2.32. The number of fused-ring (bicyclic) bond motifs is 1. The highest BCUT2D eigenvalue weighted by molar-refractivity contribution is 7.71. The monoisotopic (exact) mass is 318 g/mol. The normalized spacial score (nSPS) is 13.8. The van der Waals surface area contributed by atoms with Gasteiger partial charge in [0.25, 0.3) is 0 Å². The number of aromatic amines is 1. The summed E-state index contributed by atoms with van der Waals surface area (Å²) in [7, 11) is 1.60. The van der Waals surface area contributed by atoms with E-state index >= 15 is 0 Å². The molecule has 1 atom stereocenters. The van der Waals surface area contributed by atoms with Gasteiger partial charge >= 0.3 is 6.18 Å². The van der Waals surface area contributed by atoms with Gasteiger partial charge in [-0.1, -0.05) is 13.3 Å². The van der Waals surface area contributed by atoms with Crippen LogP contribution in [0.15, 0.2) is 18.2 Å². The Labute approximate surface area is 125 Å². The summed E-state index contributed by atoms with van der Waals surface area (Å²) >= 11 is 5.26. The van der Waals surface area contributed by atoms with Gasteiger partial charge in [-0.05, 0) is 36.8 Å². The fourth-order valence-electron chi connectivity index (χ4n) is 2.48.